The highest BCUT2D eigenvalue weighted by Crippen LogP contribution is 2.35. The number of ether oxygens (including phenoxy) is 2. The summed E-state index contributed by atoms with van der Waals surface area (Å²) < 4.78 is 11.7. The molecule has 0 spiro atoms. The van der Waals surface area contributed by atoms with E-state index in [0.717, 1.165) is 5.56 Å². The fourth-order valence-electron chi connectivity index (χ4n) is 3.03. The smallest absolute Gasteiger partial charge is 0.266 e. The number of carbonyl (C=O) groups is 2. The number of nitrogens with one attached hydrogen (secondary N) is 2. The molecular formula is C26H21ClIN3O5. The van der Waals surface area contributed by atoms with Crippen molar-refractivity contribution >= 4 is 63.5 Å². The van der Waals surface area contributed by atoms with E-state index in [2.05, 4.69) is 10.6 Å². The Morgan fingerprint density at radius 3 is 2.44 bits per heavy atom. The van der Waals surface area contributed by atoms with E-state index in [4.69, 9.17) is 21.1 Å². The molecule has 8 nitrogen and oxygen atoms in total. The number of amides is 2. The molecule has 0 saturated carbocycles. The van der Waals surface area contributed by atoms with Crippen LogP contribution in [0, 0.1) is 21.8 Å². The molecule has 0 aliphatic heterocycles. The molecule has 3 rings (SSSR count). The lowest BCUT2D eigenvalue weighted by Crippen LogP contribution is -2.20. The number of nitriles is 1. The van der Waals surface area contributed by atoms with E-state index in [0.29, 0.717) is 37.0 Å². The molecule has 0 aromatic heterocycles. The number of hydrogen-bond donors (Lipinski definition) is 3. The van der Waals surface area contributed by atoms with Gasteiger partial charge in [0.15, 0.2) is 18.1 Å². The van der Waals surface area contributed by atoms with Crippen molar-refractivity contribution in [1.29, 1.82) is 5.26 Å². The molecule has 10 heteroatoms. The lowest BCUT2D eigenvalue weighted by molar-refractivity contribution is -0.118. The van der Waals surface area contributed by atoms with Crippen molar-refractivity contribution in [3.8, 4) is 23.3 Å². The van der Waals surface area contributed by atoms with Gasteiger partial charge in [0.1, 0.15) is 17.4 Å². The van der Waals surface area contributed by atoms with Gasteiger partial charge in [-0.05, 0) is 95.2 Å². The first-order valence-corrected chi connectivity index (χ1v) is 11.9. The van der Waals surface area contributed by atoms with Gasteiger partial charge in [0.25, 0.3) is 11.8 Å². The Morgan fingerprint density at radius 1 is 1.11 bits per heavy atom. The topological polar surface area (TPSA) is 121 Å². The number of phenolic OH excluding ortho intramolecular Hbond substituents is 1. The van der Waals surface area contributed by atoms with Crippen molar-refractivity contribution in [1.82, 2.24) is 0 Å². The Morgan fingerprint density at radius 2 is 1.81 bits per heavy atom. The van der Waals surface area contributed by atoms with Crippen molar-refractivity contribution in [3.63, 3.8) is 0 Å². The second-order valence-corrected chi connectivity index (χ2v) is 9.08. The van der Waals surface area contributed by atoms with Crippen LogP contribution in [0.3, 0.4) is 0 Å². The third-order valence-electron chi connectivity index (χ3n) is 4.86. The fourth-order valence-corrected chi connectivity index (χ4v) is 3.99. The van der Waals surface area contributed by atoms with Crippen molar-refractivity contribution in [3.05, 3.63) is 79.9 Å². The zero-order valence-electron chi connectivity index (χ0n) is 19.3. The molecule has 2 amide bonds. The molecule has 0 atom stereocenters. The van der Waals surface area contributed by atoms with Gasteiger partial charge < -0.3 is 25.2 Å². The minimum Gasteiger partial charge on any atom is -0.508 e. The molecular weight excluding hydrogens is 597 g/mol. The quantitative estimate of drug-likeness (QED) is 0.132. The number of nitrogens with zero attached hydrogens (tertiary/aromatic N) is 1. The maximum absolute atomic E-state index is 12.5. The predicted octanol–water partition coefficient (Wildman–Crippen LogP) is 5.53. The average molecular weight is 618 g/mol. The highest BCUT2D eigenvalue weighted by Gasteiger charge is 2.15. The van der Waals surface area contributed by atoms with Crippen LogP contribution in [0.5, 0.6) is 17.2 Å². The molecule has 0 unspecified atom stereocenters. The van der Waals surface area contributed by atoms with Crippen LogP contribution in [0.4, 0.5) is 11.4 Å². The minimum absolute atomic E-state index is 0.0602. The first kappa shape index (κ1) is 26.8. The molecule has 3 aromatic carbocycles. The SMILES string of the molecule is COc1cc(/C=C(\C#N)C(=O)Nc2ccc(O)cc2)cc(I)c1OCC(=O)Nc1ccc(C)c(Cl)c1. The summed E-state index contributed by atoms with van der Waals surface area (Å²) in [6.45, 7) is 1.59. The number of benzene rings is 3. The van der Waals surface area contributed by atoms with Gasteiger partial charge in [-0.15, -0.1) is 0 Å². The van der Waals surface area contributed by atoms with E-state index in [9.17, 15) is 20.0 Å². The Hall–Kier alpha value is -3.75. The van der Waals surface area contributed by atoms with Gasteiger partial charge in [0.2, 0.25) is 0 Å². The van der Waals surface area contributed by atoms with Crippen LogP contribution in [0.2, 0.25) is 5.02 Å². The molecule has 0 radical (unpaired) electrons. The summed E-state index contributed by atoms with van der Waals surface area (Å²) in [6.07, 6.45) is 1.41. The molecule has 0 aliphatic rings. The monoisotopic (exact) mass is 617 g/mol. The highest BCUT2D eigenvalue weighted by atomic mass is 127. The highest BCUT2D eigenvalue weighted by molar-refractivity contribution is 14.1. The molecule has 3 N–H and O–H groups in total. The van der Waals surface area contributed by atoms with E-state index in [1.807, 2.05) is 35.6 Å². The van der Waals surface area contributed by atoms with Gasteiger partial charge in [-0.1, -0.05) is 17.7 Å². The van der Waals surface area contributed by atoms with E-state index >= 15 is 0 Å². The molecule has 0 saturated heterocycles. The van der Waals surface area contributed by atoms with Crippen LogP contribution in [-0.4, -0.2) is 30.6 Å². The van der Waals surface area contributed by atoms with Crippen LogP contribution in [0.1, 0.15) is 11.1 Å². The van der Waals surface area contributed by atoms with Crippen LogP contribution in [-0.2, 0) is 9.59 Å². The van der Waals surface area contributed by atoms with Gasteiger partial charge in [0, 0.05) is 16.4 Å². The number of rotatable bonds is 8. The summed E-state index contributed by atoms with van der Waals surface area (Å²) in [5.41, 5.74) is 2.28. The third kappa shape index (κ3) is 7.13. The molecule has 0 bridgehead atoms. The van der Waals surface area contributed by atoms with E-state index in [1.165, 1.54) is 37.5 Å². The molecule has 3 aromatic rings. The van der Waals surface area contributed by atoms with Crippen molar-refractivity contribution in [2.45, 2.75) is 6.92 Å². The Balaban J connectivity index is 1.73. The van der Waals surface area contributed by atoms with Gasteiger partial charge in [-0.25, -0.2) is 0 Å². The maximum atomic E-state index is 12.5. The summed E-state index contributed by atoms with van der Waals surface area (Å²) in [6, 6.07) is 16.3. The molecule has 0 heterocycles. The molecule has 184 valence electrons. The van der Waals surface area contributed by atoms with Crippen molar-refractivity contribution < 1.29 is 24.2 Å². The summed E-state index contributed by atoms with van der Waals surface area (Å²) >= 11 is 8.12. The van der Waals surface area contributed by atoms with E-state index < -0.39 is 5.91 Å². The zero-order chi connectivity index (χ0) is 26.2. The molecule has 0 fully saturated rings. The van der Waals surface area contributed by atoms with Gasteiger partial charge in [-0.2, -0.15) is 5.26 Å². The zero-order valence-corrected chi connectivity index (χ0v) is 22.2. The number of halogens is 2. The van der Waals surface area contributed by atoms with Gasteiger partial charge in [0.05, 0.1) is 10.7 Å². The standard InChI is InChI=1S/C26H21ClIN3O5/c1-15-3-4-19(12-21(15)27)30-24(33)14-36-25-22(28)10-16(11-23(25)35-2)9-17(13-29)26(34)31-18-5-7-20(32)8-6-18/h3-12,32H,14H2,1-2H3,(H,30,33)(H,31,34)/b17-9+. The summed E-state index contributed by atoms with van der Waals surface area (Å²) in [7, 11) is 1.45. The molecule has 0 aliphatic carbocycles. The van der Waals surface area contributed by atoms with Crippen LogP contribution < -0.4 is 20.1 Å². The number of phenols is 1. The van der Waals surface area contributed by atoms with Crippen molar-refractivity contribution in [2.75, 3.05) is 24.4 Å². The Labute approximate surface area is 226 Å². The number of methoxy groups -OCH3 is 1. The van der Waals surface area contributed by atoms with E-state index in [-0.39, 0.29) is 23.8 Å². The average Bonchev–Trinajstić information content (AvgIpc) is 2.85. The fraction of sp³-hybridized carbons (Fsp3) is 0.115. The lowest BCUT2D eigenvalue weighted by atomic mass is 10.1. The second kappa shape index (κ2) is 12.3. The summed E-state index contributed by atoms with van der Waals surface area (Å²) in [5.74, 6) is -0.250. The lowest BCUT2D eigenvalue weighted by Gasteiger charge is -2.14. The normalized spacial score (nSPS) is 10.8. The van der Waals surface area contributed by atoms with Crippen LogP contribution >= 0.6 is 34.2 Å². The van der Waals surface area contributed by atoms with Crippen LogP contribution in [0.15, 0.2) is 60.2 Å². The summed E-state index contributed by atoms with van der Waals surface area (Å²) in [4.78, 5) is 24.9. The maximum Gasteiger partial charge on any atom is 0.266 e. The third-order valence-corrected chi connectivity index (χ3v) is 6.06. The van der Waals surface area contributed by atoms with Crippen LogP contribution in [0.25, 0.3) is 6.08 Å². The Kier molecular flexibility index (Phi) is 9.16. The predicted molar refractivity (Wildman–Crippen MR) is 146 cm³/mol. The second-order valence-electron chi connectivity index (χ2n) is 7.51. The molecule has 36 heavy (non-hydrogen) atoms. The number of aromatic hydroxyl groups is 1. The number of aryl methyl sites for hydroxylation is 1. The number of hydrogen-bond acceptors (Lipinski definition) is 6. The largest absolute Gasteiger partial charge is 0.508 e. The van der Waals surface area contributed by atoms with Crippen molar-refractivity contribution in [2.24, 2.45) is 0 Å². The van der Waals surface area contributed by atoms with Gasteiger partial charge >= 0.3 is 0 Å². The first-order valence-electron chi connectivity index (χ1n) is 10.5. The number of anilines is 2. The minimum atomic E-state index is -0.606. The Bertz CT molecular complexity index is 1370. The number of carbonyl (C=O) groups excluding carboxylic acids is 2. The van der Waals surface area contributed by atoms with Gasteiger partial charge in [-0.3, -0.25) is 9.59 Å². The first-order chi connectivity index (χ1) is 17.2. The summed E-state index contributed by atoms with van der Waals surface area (Å²) in [5, 5.41) is 24.7. The van der Waals surface area contributed by atoms with E-state index in [1.54, 1.807) is 30.3 Å².